The molecule has 3 N–H and O–H groups in total. The van der Waals surface area contributed by atoms with E-state index in [1.807, 2.05) is 26.0 Å². The Bertz CT molecular complexity index is 1340. The van der Waals surface area contributed by atoms with Crippen LogP contribution in [0.1, 0.15) is 40.1 Å². The van der Waals surface area contributed by atoms with Gasteiger partial charge in [0.15, 0.2) is 5.82 Å². The lowest BCUT2D eigenvalue weighted by Crippen LogP contribution is -2.28. The largest absolute Gasteiger partial charge is 0.467 e. The van der Waals surface area contributed by atoms with Gasteiger partial charge in [0.1, 0.15) is 6.10 Å². The number of anilines is 1. The van der Waals surface area contributed by atoms with Gasteiger partial charge in [-0.15, -0.1) is 0 Å². The van der Waals surface area contributed by atoms with E-state index in [9.17, 15) is 9.00 Å². The summed E-state index contributed by atoms with van der Waals surface area (Å²) in [5.74, 6) is 0.143. The van der Waals surface area contributed by atoms with Crippen molar-refractivity contribution in [3.63, 3.8) is 0 Å². The molecule has 0 saturated carbocycles. The highest BCUT2D eigenvalue weighted by Crippen LogP contribution is 2.33. The first-order valence-electron chi connectivity index (χ1n) is 10.1. The van der Waals surface area contributed by atoms with E-state index in [1.165, 1.54) is 12.5 Å². The van der Waals surface area contributed by atoms with E-state index in [0.29, 0.717) is 28.3 Å². The standard InChI is InChI=1S/C23H25N5O3S/c1-13-5-8-17-18(9-13)14(2)31-22-21(24)26-11-20(27-22)19-10-16(32(4,25)30)7-6-15(19)12-28(3)23(17)29/h5-11,14,25H,12H2,1-4H3,(H2,24,26)/t14-,32?/m1/s1. The number of amides is 1. The first-order valence-corrected chi connectivity index (χ1v) is 12.0. The van der Waals surface area contributed by atoms with Gasteiger partial charge < -0.3 is 15.4 Å². The van der Waals surface area contributed by atoms with E-state index < -0.39 is 15.8 Å². The van der Waals surface area contributed by atoms with Gasteiger partial charge in [-0.25, -0.2) is 19.0 Å². The molecule has 1 aromatic heterocycles. The quantitative estimate of drug-likeness (QED) is 0.580. The van der Waals surface area contributed by atoms with Gasteiger partial charge in [0.2, 0.25) is 0 Å². The highest BCUT2D eigenvalue weighted by atomic mass is 32.2. The molecule has 2 heterocycles. The Labute approximate surface area is 187 Å². The van der Waals surface area contributed by atoms with Crippen LogP contribution in [-0.2, 0) is 16.3 Å². The van der Waals surface area contributed by atoms with Gasteiger partial charge in [0.25, 0.3) is 11.8 Å². The molecule has 9 heteroatoms. The van der Waals surface area contributed by atoms with Crippen molar-refractivity contribution in [3.8, 4) is 17.1 Å². The third-order valence-electron chi connectivity index (χ3n) is 5.49. The summed E-state index contributed by atoms with van der Waals surface area (Å²) in [7, 11) is -1.22. The van der Waals surface area contributed by atoms with E-state index in [4.69, 9.17) is 15.3 Å². The number of nitrogen functional groups attached to an aromatic ring is 1. The number of benzene rings is 2. The minimum Gasteiger partial charge on any atom is -0.467 e. The van der Waals surface area contributed by atoms with E-state index in [-0.39, 0.29) is 17.6 Å². The molecule has 2 bridgehead atoms. The summed E-state index contributed by atoms with van der Waals surface area (Å²) >= 11 is 0. The number of carbonyl (C=O) groups is 1. The molecule has 1 aliphatic rings. The van der Waals surface area contributed by atoms with Crippen molar-refractivity contribution in [1.29, 1.82) is 4.78 Å². The van der Waals surface area contributed by atoms with Crippen LogP contribution in [0.2, 0.25) is 0 Å². The fraction of sp³-hybridized carbons (Fsp3) is 0.261. The molecule has 3 aromatic rings. The topological polar surface area (TPSA) is 122 Å². The number of ether oxygens (including phenoxy) is 1. The average molecular weight is 452 g/mol. The van der Waals surface area contributed by atoms with E-state index in [2.05, 4.69) is 9.97 Å². The van der Waals surface area contributed by atoms with Crippen LogP contribution in [0.15, 0.2) is 47.5 Å². The van der Waals surface area contributed by atoms with Crippen molar-refractivity contribution in [2.75, 3.05) is 19.0 Å². The molecule has 2 atom stereocenters. The zero-order valence-corrected chi connectivity index (χ0v) is 19.2. The Morgan fingerprint density at radius 3 is 2.69 bits per heavy atom. The molecule has 0 spiro atoms. The molecule has 0 radical (unpaired) electrons. The summed E-state index contributed by atoms with van der Waals surface area (Å²) < 4.78 is 26.4. The Morgan fingerprint density at radius 1 is 1.22 bits per heavy atom. The normalized spacial score (nSPS) is 17.8. The molecule has 2 aromatic carbocycles. The lowest BCUT2D eigenvalue weighted by Gasteiger charge is -2.25. The molecule has 4 rings (SSSR count). The summed E-state index contributed by atoms with van der Waals surface area (Å²) in [6, 6.07) is 10.7. The summed E-state index contributed by atoms with van der Waals surface area (Å²) in [5.41, 5.74) is 10.2. The lowest BCUT2D eigenvalue weighted by atomic mass is 9.98. The second kappa shape index (κ2) is 7.90. The number of nitrogens with one attached hydrogen (secondary N) is 1. The summed E-state index contributed by atoms with van der Waals surface area (Å²) in [6.45, 7) is 4.09. The zero-order chi connectivity index (χ0) is 23.2. The first kappa shape index (κ1) is 21.8. The Balaban J connectivity index is 1.96. The van der Waals surface area contributed by atoms with Crippen LogP contribution in [-0.4, -0.2) is 38.3 Å². The van der Waals surface area contributed by atoms with E-state index in [0.717, 1.165) is 16.7 Å². The molecule has 8 nitrogen and oxygen atoms in total. The molecule has 1 amide bonds. The SMILES string of the molecule is Cc1ccc2c(c1)[C@@H](C)Oc1nc(cnc1N)-c1cc(S(C)(=N)=O)ccc1CN(C)C2=O. The van der Waals surface area contributed by atoms with Crippen molar-refractivity contribution in [2.45, 2.75) is 31.4 Å². The number of nitrogens with two attached hydrogens (primary N) is 1. The van der Waals surface area contributed by atoms with E-state index in [1.54, 1.807) is 36.2 Å². The smallest absolute Gasteiger partial charge is 0.258 e. The molecule has 166 valence electrons. The Hall–Kier alpha value is -3.46. The number of carbonyl (C=O) groups excluding carboxylic acids is 1. The number of nitrogens with zero attached hydrogens (tertiary/aromatic N) is 3. The minimum absolute atomic E-state index is 0.132. The maximum atomic E-state index is 13.4. The molecule has 0 saturated heterocycles. The van der Waals surface area contributed by atoms with Gasteiger partial charge in [-0.2, -0.15) is 0 Å². The second-order valence-corrected chi connectivity index (χ2v) is 10.3. The van der Waals surface area contributed by atoms with Crippen molar-refractivity contribution >= 4 is 21.5 Å². The van der Waals surface area contributed by atoms with Gasteiger partial charge in [-0.05, 0) is 37.6 Å². The number of rotatable bonds is 1. The number of aryl methyl sites for hydroxylation is 1. The second-order valence-electron chi connectivity index (χ2n) is 8.12. The fourth-order valence-electron chi connectivity index (χ4n) is 3.75. The molecule has 1 aliphatic heterocycles. The van der Waals surface area contributed by atoms with Crippen LogP contribution >= 0.6 is 0 Å². The van der Waals surface area contributed by atoms with Gasteiger partial charge in [-0.3, -0.25) is 4.79 Å². The predicted molar refractivity (Wildman–Crippen MR) is 123 cm³/mol. The highest BCUT2D eigenvalue weighted by molar-refractivity contribution is 7.91. The third kappa shape index (κ3) is 4.03. The van der Waals surface area contributed by atoms with Crippen molar-refractivity contribution < 1.29 is 13.7 Å². The molecule has 1 unspecified atom stereocenters. The fourth-order valence-corrected chi connectivity index (χ4v) is 4.42. The average Bonchev–Trinajstić information content (AvgIpc) is 2.73. The number of aromatic nitrogens is 2. The van der Waals surface area contributed by atoms with Crippen LogP contribution in [0.25, 0.3) is 11.3 Å². The first-order chi connectivity index (χ1) is 15.0. The molecular weight excluding hydrogens is 426 g/mol. The van der Waals surface area contributed by atoms with Gasteiger partial charge >= 0.3 is 0 Å². The van der Waals surface area contributed by atoms with Crippen LogP contribution in [0.3, 0.4) is 0 Å². The van der Waals surface area contributed by atoms with Crippen LogP contribution in [0.5, 0.6) is 5.88 Å². The van der Waals surface area contributed by atoms with E-state index >= 15 is 0 Å². The molecule has 0 fully saturated rings. The minimum atomic E-state index is -2.95. The van der Waals surface area contributed by atoms with Gasteiger partial charge in [-0.1, -0.05) is 23.8 Å². The van der Waals surface area contributed by atoms with Crippen molar-refractivity contribution in [2.24, 2.45) is 0 Å². The van der Waals surface area contributed by atoms with Gasteiger partial charge in [0.05, 0.1) is 21.6 Å². The Morgan fingerprint density at radius 2 is 1.97 bits per heavy atom. The van der Waals surface area contributed by atoms with Crippen LogP contribution < -0.4 is 10.5 Å². The zero-order valence-electron chi connectivity index (χ0n) is 18.4. The maximum absolute atomic E-state index is 13.4. The molecule has 0 aliphatic carbocycles. The van der Waals surface area contributed by atoms with Crippen molar-refractivity contribution in [1.82, 2.24) is 14.9 Å². The van der Waals surface area contributed by atoms with Crippen molar-refractivity contribution in [3.05, 3.63) is 64.8 Å². The number of fused-ring (bicyclic) bond motifs is 5. The monoisotopic (exact) mass is 451 g/mol. The molecular formula is C23H25N5O3S. The number of hydrogen-bond donors (Lipinski definition) is 2. The maximum Gasteiger partial charge on any atom is 0.258 e. The number of hydrogen-bond acceptors (Lipinski definition) is 7. The van der Waals surface area contributed by atoms with Gasteiger partial charge in [0, 0.05) is 41.4 Å². The predicted octanol–water partition coefficient (Wildman–Crippen LogP) is 3.80. The van der Waals surface area contributed by atoms with Crippen LogP contribution in [0.4, 0.5) is 5.82 Å². The molecule has 32 heavy (non-hydrogen) atoms. The highest BCUT2D eigenvalue weighted by Gasteiger charge is 2.24. The third-order valence-corrected chi connectivity index (χ3v) is 6.65. The summed E-state index contributed by atoms with van der Waals surface area (Å²) in [6.07, 6.45) is 2.38. The summed E-state index contributed by atoms with van der Waals surface area (Å²) in [5, 5.41) is 0. The van der Waals surface area contributed by atoms with Crippen LogP contribution in [0, 0.1) is 11.7 Å². The summed E-state index contributed by atoms with van der Waals surface area (Å²) in [4.78, 5) is 24.2. The lowest BCUT2D eigenvalue weighted by molar-refractivity contribution is 0.0780. The Kier molecular flexibility index (Phi) is 5.37.